The van der Waals surface area contributed by atoms with Crippen LogP contribution in [0, 0.1) is 5.92 Å². The summed E-state index contributed by atoms with van der Waals surface area (Å²) in [4.78, 5) is 15.4. The van der Waals surface area contributed by atoms with Crippen molar-refractivity contribution in [3.05, 3.63) is 96.1 Å². The molecule has 0 fully saturated rings. The number of rotatable bonds is 11. The molecule has 0 unspecified atom stereocenters. The molecule has 40 heavy (non-hydrogen) atoms. The van der Waals surface area contributed by atoms with Crippen molar-refractivity contribution in [1.29, 1.82) is 0 Å². The van der Waals surface area contributed by atoms with E-state index in [1.165, 1.54) is 16.6 Å². The molecule has 2 heterocycles. The SMILES string of the molecule is C.C.CCCCN(C)c1nc2c(N(Cc3ccccc3)Cc3ccccc3)nc3ccccc3c2n1CC(C)C. The Morgan fingerprint density at radius 2 is 1.35 bits per heavy atom. The molecule has 0 aliphatic rings. The average Bonchev–Trinajstić information content (AvgIpc) is 3.31. The van der Waals surface area contributed by atoms with E-state index in [0.29, 0.717) is 5.92 Å². The van der Waals surface area contributed by atoms with Gasteiger partial charge in [0, 0.05) is 38.6 Å². The highest BCUT2D eigenvalue weighted by atomic mass is 15.3. The molecule has 0 amide bonds. The fraction of sp³-hybridized carbons (Fsp3) is 0.371. The molecular formula is C35H47N5. The lowest BCUT2D eigenvalue weighted by molar-refractivity contribution is 0.530. The molecule has 0 saturated carbocycles. The Morgan fingerprint density at radius 1 is 0.775 bits per heavy atom. The van der Waals surface area contributed by atoms with Gasteiger partial charge in [0.15, 0.2) is 5.82 Å². The van der Waals surface area contributed by atoms with Crippen molar-refractivity contribution in [3.63, 3.8) is 0 Å². The smallest absolute Gasteiger partial charge is 0.206 e. The van der Waals surface area contributed by atoms with E-state index < -0.39 is 0 Å². The fourth-order valence-corrected chi connectivity index (χ4v) is 5.17. The number of fused-ring (bicyclic) bond motifs is 3. The Bertz CT molecular complexity index is 1430. The van der Waals surface area contributed by atoms with E-state index in [0.717, 1.165) is 67.2 Å². The van der Waals surface area contributed by atoms with Gasteiger partial charge in [0.25, 0.3) is 0 Å². The summed E-state index contributed by atoms with van der Waals surface area (Å²) in [5, 5.41) is 1.16. The average molecular weight is 538 g/mol. The number of unbranched alkanes of at least 4 members (excludes halogenated alkanes) is 1. The number of aromatic nitrogens is 3. The topological polar surface area (TPSA) is 37.2 Å². The number of para-hydroxylation sites is 1. The second-order valence-corrected chi connectivity index (χ2v) is 10.7. The minimum absolute atomic E-state index is 0. The second kappa shape index (κ2) is 14.0. The molecule has 0 atom stereocenters. The van der Waals surface area contributed by atoms with Crippen LogP contribution >= 0.6 is 0 Å². The molecule has 3 aromatic carbocycles. The second-order valence-electron chi connectivity index (χ2n) is 10.7. The van der Waals surface area contributed by atoms with Gasteiger partial charge in [0.2, 0.25) is 5.95 Å². The molecule has 0 bridgehead atoms. The van der Waals surface area contributed by atoms with Crippen LogP contribution < -0.4 is 9.80 Å². The van der Waals surface area contributed by atoms with Gasteiger partial charge in [-0.2, -0.15) is 0 Å². The lowest BCUT2D eigenvalue weighted by Gasteiger charge is -2.25. The van der Waals surface area contributed by atoms with Crippen molar-refractivity contribution >= 4 is 33.7 Å². The Labute approximate surface area is 241 Å². The van der Waals surface area contributed by atoms with E-state index in [9.17, 15) is 0 Å². The summed E-state index contributed by atoms with van der Waals surface area (Å²) in [6.07, 6.45) is 2.30. The van der Waals surface area contributed by atoms with Crippen LogP contribution in [-0.2, 0) is 19.6 Å². The molecule has 0 aliphatic carbocycles. The first-order chi connectivity index (χ1) is 18.5. The van der Waals surface area contributed by atoms with Gasteiger partial charge in [-0.3, -0.25) is 0 Å². The Hall–Kier alpha value is -3.86. The van der Waals surface area contributed by atoms with Crippen molar-refractivity contribution in [1.82, 2.24) is 14.5 Å². The highest BCUT2D eigenvalue weighted by Crippen LogP contribution is 2.36. The minimum Gasteiger partial charge on any atom is -0.346 e. The van der Waals surface area contributed by atoms with Gasteiger partial charge in [-0.1, -0.05) is 121 Å². The van der Waals surface area contributed by atoms with Crippen LogP contribution in [0.2, 0.25) is 0 Å². The number of hydrogen-bond donors (Lipinski definition) is 0. The molecule has 5 aromatic rings. The third kappa shape index (κ3) is 6.64. The van der Waals surface area contributed by atoms with Gasteiger partial charge in [-0.05, 0) is 29.5 Å². The van der Waals surface area contributed by atoms with E-state index >= 15 is 0 Å². The first-order valence-corrected chi connectivity index (χ1v) is 13.9. The van der Waals surface area contributed by atoms with E-state index in [2.05, 4.69) is 127 Å². The summed E-state index contributed by atoms with van der Waals surface area (Å²) < 4.78 is 2.44. The molecule has 0 saturated heterocycles. The molecule has 5 heteroatoms. The number of anilines is 2. The van der Waals surface area contributed by atoms with Crippen LogP contribution in [0.15, 0.2) is 84.9 Å². The van der Waals surface area contributed by atoms with E-state index in [1.807, 2.05) is 0 Å². The molecule has 212 valence electrons. The van der Waals surface area contributed by atoms with Crippen LogP contribution in [0.25, 0.3) is 21.9 Å². The molecule has 0 spiro atoms. The lowest BCUT2D eigenvalue weighted by Crippen LogP contribution is -2.23. The van der Waals surface area contributed by atoms with Crippen LogP contribution in [0.5, 0.6) is 0 Å². The van der Waals surface area contributed by atoms with Gasteiger partial charge in [0.05, 0.1) is 11.0 Å². The molecular weight excluding hydrogens is 490 g/mol. The van der Waals surface area contributed by atoms with E-state index in [-0.39, 0.29) is 14.9 Å². The first-order valence-electron chi connectivity index (χ1n) is 13.9. The number of hydrogen-bond acceptors (Lipinski definition) is 4. The summed E-state index contributed by atoms with van der Waals surface area (Å²) in [6.45, 7) is 10.2. The predicted molar refractivity (Wildman–Crippen MR) is 174 cm³/mol. The third-order valence-electron chi connectivity index (χ3n) is 7.01. The molecule has 2 aromatic heterocycles. The maximum absolute atomic E-state index is 5.36. The van der Waals surface area contributed by atoms with Crippen molar-refractivity contribution in [2.75, 3.05) is 23.4 Å². The van der Waals surface area contributed by atoms with Gasteiger partial charge in [-0.15, -0.1) is 0 Å². The molecule has 0 radical (unpaired) electrons. The van der Waals surface area contributed by atoms with Gasteiger partial charge in [-0.25, -0.2) is 9.97 Å². The van der Waals surface area contributed by atoms with Crippen LogP contribution in [0.3, 0.4) is 0 Å². The standard InChI is InChI=1S/C33H39N5.2CH4/c1-5-6-21-36(4)33-35-30-31(38(33)22-25(2)3)28-19-13-14-20-29(28)34-32(30)37(23-26-15-9-7-10-16-26)24-27-17-11-8-12-18-27;;/h7-20,25H,5-6,21-24H2,1-4H3;2*1H4. The predicted octanol–water partition coefficient (Wildman–Crippen LogP) is 8.96. The zero-order valence-electron chi connectivity index (χ0n) is 23.1. The summed E-state index contributed by atoms with van der Waals surface area (Å²) >= 11 is 0. The summed E-state index contributed by atoms with van der Waals surface area (Å²) in [6, 6.07) is 29.9. The van der Waals surface area contributed by atoms with Crippen LogP contribution in [0.1, 0.15) is 59.6 Å². The largest absolute Gasteiger partial charge is 0.346 e. The Morgan fingerprint density at radius 3 is 1.93 bits per heavy atom. The summed E-state index contributed by atoms with van der Waals surface area (Å²) in [7, 11) is 2.18. The minimum atomic E-state index is 0. The van der Waals surface area contributed by atoms with Gasteiger partial charge >= 0.3 is 0 Å². The monoisotopic (exact) mass is 537 g/mol. The van der Waals surface area contributed by atoms with Crippen LogP contribution in [-0.4, -0.2) is 28.1 Å². The Balaban J connectivity index is 0.00000220. The normalized spacial score (nSPS) is 10.9. The Kier molecular flexibility index (Phi) is 10.7. The van der Waals surface area contributed by atoms with Crippen molar-refractivity contribution in [3.8, 4) is 0 Å². The highest BCUT2D eigenvalue weighted by molar-refractivity contribution is 6.08. The maximum Gasteiger partial charge on any atom is 0.206 e. The van der Waals surface area contributed by atoms with E-state index in [1.54, 1.807) is 0 Å². The fourth-order valence-electron chi connectivity index (χ4n) is 5.17. The third-order valence-corrected chi connectivity index (χ3v) is 7.01. The zero-order valence-corrected chi connectivity index (χ0v) is 23.1. The highest BCUT2D eigenvalue weighted by Gasteiger charge is 2.24. The van der Waals surface area contributed by atoms with E-state index in [4.69, 9.17) is 9.97 Å². The summed E-state index contributed by atoms with van der Waals surface area (Å²) in [5.74, 6) is 2.46. The number of imidazole rings is 1. The molecule has 0 N–H and O–H groups in total. The molecule has 5 nitrogen and oxygen atoms in total. The lowest BCUT2D eigenvalue weighted by atomic mass is 10.1. The van der Waals surface area contributed by atoms with Crippen molar-refractivity contribution in [2.24, 2.45) is 5.92 Å². The number of nitrogens with zero attached hydrogens (tertiary/aromatic N) is 5. The zero-order chi connectivity index (χ0) is 26.5. The van der Waals surface area contributed by atoms with Crippen molar-refractivity contribution in [2.45, 2.75) is 68.1 Å². The van der Waals surface area contributed by atoms with Gasteiger partial charge in [0.1, 0.15) is 5.52 Å². The first kappa shape index (κ1) is 30.7. The molecule has 0 aliphatic heterocycles. The van der Waals surface area contributed by atoms with Crippen LogP contribution in [0.4, 0.5) is 11.8 Å². The number of pyridine rings is 1. The van der Waals surface area contributed by atoms with Gasteiger partial charge < -0.3 is 14.4 Å². The van der Waals surface area contributed by atoms with Crippen molar-refractivity contribution < 1.29 is 0 Å². The maximum atomic E-state index is 5.36. The summed E-state index contributed by atoms with van der Waals surface area (Å²) in [5.41, 5.74) is 5.69. The molecule has 5 rings (SSSR count). The number of benzene rings is 3. The quantitative estimate of drug-likeness (QED) is 0.168.